The minimum atomic E-state index is -3.42. The summed E-state index contributed by atoms with van der Waals surface area (Å²) in [5.74, 6) is 2.53. The van der Waals surface area contributed by atoms with E-state index < -0.39 is 10.0 Å². The number of ether oxygens (including phenoxy) is 1. The maximum Gasteiger partial charge on any atom is 0.243 e. The Morgan fingerprint density at radius 2 is 2.10 bits per heavy atom. The molecule has 2 N–H and O–H groups in total. The quantitative estimate of drug-likeness (QED) is 0.852. The maximum atomic E-state index is 12.5. The fourth-order valence-corrected chi connectivity index (χ4v) is 4.80. The van der Waals surface area contributed by atoms with Crippen LogP contribution in [0.25, 0.3) is 0 Å². The van der Waals surface area contributed by atoms with Crippen LogP contribution in [0.5, 0.6) is 5.75 Å². The second kappa shape index (κ2) is 6.80. The number of hydrogen-bond donors (Lipinski definition) is 1. The molecular formula is C13H20N2O3S2. The molecule has 0 bridgehead atoms. The van der Waals surface area contributed by atoms with Gasteiger partial charge in [-0.2, -0.15) is 16.1 Å². The van der Waals surface area contributed by atoms with Crippen molar-refractivity contribution in [3.05, 3.63) is 24.3 Å². The van der Waals surface area contributed by atoms with E-state index in [1.54, 1.807) is 43.1 Å². The van der Waals surface area contributed by atoms with E-state index in [1.165, 1.54) is 4.31 Å². The highest BCUT2D eigenvalue weighted by Gasteiger charge is 2.30. The van der Waals surface area contributed by atoms with E-state index in [4.69, 9.17) is 10.5 Å². The Labute approximate surface area is 124 Å². The van der Waals surface area contributed by atoms with E-state index in [2.05, 4.69) is 0 Å². The zero-order chi connectivity index (χ0) is 14.6. The van der Waals surface area contributed by atoms with Gasteiger partial charge in [-0.15, -0.1) is 0 Å². The van der Waals surface area contributed by atoms with Crippen molar-refractivity contribution in [2.45, 2.75) is 17.4 Å². The summed E-state index contributed by atoms with van der Waals surface area (Å²) in [4.78, 5) is 0.303. The predicted molar refractivity (Wildman–Crippen MR) is 81.7 cm³/mol. The number of rotatable bonds is 6. The molecule has 1 aliphatic rings. The average molecular weight is 316 g/mol. The van der Waals surface area contributed by atoms with Gasteiger partial charge < -0.3 is 10.5 Å². The highest BCUT2D eigenvalue weighted by Crippen LogP contribution is 2.26. The van der Waals surface area contributed by atoms with Gasteiger partial charge in [0.25, 0.3) is 0 Å². The Kier molecular flexibility index (Phi) is 5.31. The number of nitrogens with zero attached hydrogens (tertiary/aromatic N) is 1. The minimum Gasteiger partial charge on any atom is -0.492 e. The molecule has 1 heterocycles. The standard InChI is InChI=1S/C13H20N2O3S2/c1-15(11-6-9-19-10-11)20(16,17)13-4-2-12(3-5-13)18-8-7-14/h2-5,11H,6-10,14H2,1H3. The zero-order valence-electron chi connectivity index (χ0n) is 11.5. The smallest absolute Gasteiger partial charge is 0.243 e. The molecule has 0 amide bonds. The second-order valence-electron chi connectivity index (χ2n) is 4.65. The van der Waals surface area contributed by atoms with Crippen molar-refractivity contribution in [2.75, 3.05) is 31.7 Å². The molecule has 0 radical (unpaired) electrons. The fraction of sp³-hybridized carbons (Fsp3) is 0.538. The first-order valence-corrected chi connectivity index (χ1v) is 9.14. The molecule has 1 unspecified atom stereocenters. The SMILES string of the molecule is CN(C1CCSC1)S(=O)(=O)c1ccc(OCCN)cc1. The Morgan fingerprint density at radius 1 is 1.40 bits per heavy atom. The Balaban J connectivity index is 2.12. The molecule has 1 aliphatic heterocycles. The summed E-state index contributed by atoms with van der Waals surface area (Å²) in [6.07, 6.45) is 0.915. The average Bonchev–Trinajstić information content (AvgIpc) is 2.98. The predicted octanol–water partition coefficient (Wildman–Crippen LogP) is 1.15. The van der Waals surface area contributed by atoms with Crippen molar-refractivity contribution in [3.63, 3.8) is 0 Å². The summed E-state index contributed by atoms with van der Waals surface area (Å²) < 4.78 is 31.8. The number of thioether (sulfide) groups is 1. The summed E-state index contributed by atoms with van der Waals surface area (Å²) >= 11 is 1.80. The molecule has 1 aromatic carbocycles. The van der Waals surface area contributed by atoms with Crippen molar-refractivity contribution in [1.29, 1.82) is 0 Å². The molecule has 7 heteroatoms. The lowest BCUT2D eigenvalue weighted by molar-refractivity contribution is 0.328. The van der Waals surface area contributed by atoms with Crippen molar-refractivity contribution >= 4 is 21.8 Å². The van der Waals surface area contributed by atoms with Gasteiger partial charge in [0.2, 0.25) is 10.0 Å². The van der Waals surface area contributed by atoms with Gasteiger partial charge in [-0.05, 0) is 36.4 Å². The lowest BCUT2D eigenvalue weighted by Gasteiger charge is -2.23. The van der Waals surface area contributed by atoms with E-state index in [-0.39, 0.29) is 6.04 Å². The van der Waals surface area contributed by atoms with Gasteiger partial charge >= 0.3 is 0 Å². The van der Waals surface area contributed by atoms with Crippen LogP contribution in [-0.4, -0.2) is 50.5 Å². The third-order valence-electron chi connectivity index (χ3n) is 3.31. The third kappa shape index (κ3) is 3.46. The summed E-state index contributed by atoms with van der Waals surface area (Å²) in [5.41, 5.74) is 5.36. The summed E-state index contributed by atoms with van der Waals surface area (Å²) in [5, 5.41) is 0. The first-order valence-electron chi connectivity index (χ1n) is 6.54. The minimum absolute atomic E-state index is 0.0955. The zero-order valence-corrected chi connectivity index (χ0v) is 13.1. The molecule has 0 saturated carbocycles. The number of nitrogens with two attached hydrogens (primary N) is 1. The van der Waals surface area contributed by atoms with E-state index in [0.717, 1.165) is 17.9 Å². The number of sulfonamides is 1. The maximum absolute atomic E-state index is 12.5. The number of hydrogen-bond acceptors (Lipinski definition) is 5. The van der Waals surface area contributed by atoms with E-state index >= 15 is 0 Å². The van der Waals surface area contributed by atoms with Gasteiger partial charge in [0, 0.05) is 25.4 Å². The van der Waals surface area contributed by atoms with Crippen LogP contribution in [0, 0.1) is 0 Å². The summed E-state index contributed by atoms with van der Waals surface area (Å²) in [6.45, 7) is 0.855. The highest BCUT2D eigenvalue weighted by atomic mass is 32.2. The molecule has 0 aliphatic carbocycles. The molecule has 1 atom stereocenters. The van der Waals surface area contributed by atoms with Crippen LogP contribution in [0.4, 0.5) is 0 Å². The largest absolute Gasteiger partial charge is 0.492 e. The Morgan fingerprint density at radius 3 is 2.65 bits per heavy atom. The van der Waals surface area contributed by atoms with Crippen LogP contribution in [0.1, 0.15) is 6.42 Å². The van der Waals surface area contributed by atoms with Crippen LogP contribution in [-0.2, 0) is 10.0 Å². The molecule has 5 nitrogen and oxygen atoms in total. The van der Waals surface area contributed by atoms with Crippen molar-refractivity contribution in [2.24, 2.45) is 5.73 Å². The van der Waals surface area contributed by atoms with Crippen LogP contribution >= 0.6 is 11.8 Å². The van der Waals surface area contributed by atoms with Crippen LogP contribution in [0.15, 0.2) is 29.2 Å². The van der Waals surface area contributed by atoms with Crippen LogP contribution in [0.2, 0.25) is 0 Å². The van der Waals surface area contributed by atoms with Gasteiger partial charge in [-0.3, -0.25) is 0 Å². The molecule has 0 aromatic heterocycles. The summed E-state index contributed by atoms with van der Waals surface area (Å²) in [6, 6.07) is 6.59. The van der Waals surface area contributed by atoms with Crippen molar-refractivity contribution < 1.29 is 13.2 Å². The molecule has 0 spiro atoms. The highest BCUT2D eigenvalue weighted by molar-refractivity contribution is 7.99. The summed E-state index contributed by atoms with van der Waals surface area (Å²) in [7, 11) is -1.76. The first-order chi connectivity index (χ1) is 9.55. The molecule has 1 fully saturated rings. The van der Waals surface area contributed by atoms with Gasteiger partial charge in [0.1, 0.15) is 12.4 Å². The Hall–Kier alpha value is -0.760. The molecule has 1 aromatic rings. The number of benzene rings is 1. The topological polar surface area (TPSA) is 72.6 Å². The van der Waals surface area contributed by atoms with E-state index in [0.29, 0.717) is 23.8 Å². The molecular weight excluding hydrogens is 296 g/mol. The normalized spacial score (nSPS) is 19.4. The molecule has 112 valence electrons. The first kappa shape index (κ1) is 15.6. The van der Waals surface area contributed by atoms with Gasteiger partial charge in [-0.1, -0.05) is 0 Å². The van der Waals surface area contributed by atoms with Gasteiger partial charge in [0.05, 0.1) is 4.90 Å². The fourth-order valence-electron chi connectivity index (χ4n) is 2.06. The van der Waals surface area contributed by atoms with Gasteiger partial charge in [-0.25, -0.2) is 8.42 Å². The van der Waals surface area contributed by atoms with Crippen LogP contribution < -0.4 is 10.5 Å². The Bertz CT molecular complexity index is 525. The van der Waals surface area contributed by atoms with E-state index in [9.17, 15) is 8.42 Å². The second-order valence-corrected chi connectivity index (χ2v) is 7.79. The lowest BCUT2D eigenvalue weighted by Crippen LogP contribution is -2.36. The third-order valence-corrected chi connectivity index (χ3v) is 6.38. The van der Waals surface area contributed by atoms with Crippen molar-refractivity contribution in [3.8, 4) is 5.75 Å². The van der Waals surface area contributed by atoms with E-state index in [1.807, 2.05) is 0 Å². The molecule has 1 saturated heterocycles. The molecule has 20 heavy (non-hydrogen) atoms. The van der Waals surface area contributed by atoms with Gasteiger partial charge in [0.15, 0.2) is 0 Å². The monoisotopic (exact) mass is 316 g/mol. The molecule has 2 rings (SSSR count). The van der Waals surface area contributed by atoms with Crippen molar-refractivity contribution in [1.82, 2.24) is 4.31 Å². The van der Waals surface area contributed by atoms with Crippen LogP contribution in [0.3, 0.4) is 0 Å². The lowest BCUT2D eigenvalue weighted by atomic mass is 10.3.